The van der Waals surface area contributed by atoms with Crippen LogP contribution in [0, 0.1) is 5.82 Å². The fourth-order valence-corrected chi connectivity index (χ4v) is 6.07. The monoisotopic (exact) mass is 416 g/mol. The Labute approximate surface area is 168 Å². The Morgan fingerprint density at radius 2 is 1.97 bits per heavy atom. The second kappa shape index (κ2) is 7.23. The molecule has 1 unspecified atom stereocenters. The quantitative estimate of drug-likeness (QED) is 0.719. The van der Waals surface area contributed by atoms with E-state index in [0.29, 0.717) is 18.6 Å². The number of hydrogen-bond acceptors (Lipinski definition) is 6. The van der Waals surface area contributed by atoms with Crippen molar-refractivity contribution in [1.29, 1.82) is 0 Å². The number of benzene rings is 2. The van der Waals surface area contributed by atoms with E-state index in [9.17, 15) is 17.6 Å². The van der Waals surface area contributed by atoms with E-state index in [2.05, 4.69) is 10.3 Å². The van der Waals surface area contributed by atoms with Crippen LogP contribution in [0.1, 0.15) is 17.2 Å². The summed E-state index contributed by atoms with van der Waals surface area (Å²) in [5.41, 5.74) is 7.68. The lowest BCUT2D eigenvalue weighted by molar-refractivity contribution is -0.105. The van der Waals surface area contributed by atoms with Gasteiger partial charge in [0.25, 0.3) is 0 Å². The molecule has 2 aromatic carbocycles. The molecular weight excluding hydrogens is 395 g/mol. The van der Waals surface area contributed by atoms with Crippen LogP contribution in [0.15, 0.2) is 53.5 Å². The van der Waals surface area contributed by atoms with Crippen LogP contribution in [0.5, 0.6) is 0 Å². The molecule has 0 aromatic heterocycles. The summed E-state index contributed by atoms with van der Waals surface area (Å²) in [7, 11) is -3.65. The van der Waals surface area contributed by atoms with Gasteiger partial charge in [0.05, 0.1) is 11.8 Å². The van der Waals surface area contributed by atoms with Crippen molar-refractivity contribution in [3.63, 3.8) is 0 Å². The third kappa shape index (κ3) is 3.40. The normalized spacial score (nSPS) is 22.5. The van der Waals surface area contributed by atoms with Gasteiger partial charge in [0.1, 0.15) is 11.7 Å². The molecule has 1 amide bonds. The molecule has 2 aliphatic heterocycles. The summed E-state index contributed by atoms with van der Waals surface area (Å²) in [4.78, 5) is 17.0. The van der Waals surface area contributed by atoms with Gasteiger partial charge < -0.3 is 11.1 Å². The highest BCUT2D eigenvalue weighted by Crippen LogP contribution is 2.39. The molecule has 3 N–H and O–H groups in total. The number of rotatable bonds is 5. The minimum Gasteiger partial charge on any atom is -0.386 e. The third-order valence-electron chi connectivity index (χ3n) is 5.52. The van der Waals surface area contributed by atoms with E-state index in [0.717, 1.165) is 5.56 Å². The fourth-order valence-electron chi connectivity index (χ4n) is 3.95. The van der Waals surface area contributed by atoms with E-state index in [1.807, 2.05) is 35.2 Å². The molecule has 1 atom stereocenters. The number of nitrogens with one attached hydrogen (secondary N) is 1. The number of aliphatic imine (C=N–C) groups is 1. The second-order valence-corrected chi connectivity index (χ2v) is 9.78. The van der Waals surface area contributed by atoms with Crippen LogP contribution in [0.4, 0.5) is 10.1 Å². The zero-order chi connectivity index (χ0) is 20.6. The van der Waals surface area contributed by atoms with E-state index in [1.165, 1.54) is 18.2 Å². The molecular formula is C20H21FN4O3S. The summed E-state index contributed by atoms with van der Waals surface area (Å²) in [5, 5.41) is 2.43. The zero-order valence-electron chi connectivity index (χ0n) is 15.6. The van der Waals surface area contributed by atoms with Crippen molar-refractivity contribution in [2.75, 3.05) is 24.2 Å². The minimum absolute atomic E-state index is 0.0196. The Bertz CT molecular complexity index is 1070. The number of carbonyl (C=O) groups excluding carboxylic acids is 1. The number of amides is 1. The summed E-state index contributed by atoms with van der Waals surface area (Å²) in [5.74, 6) is -0.895. The van der Waals surface area contributed by atoms with Crippen molar-refractivity contribution in [2.45, 2.75) is 17.3 Å². The van der Waals surface area contributed by atoms with Gasteiger partial charge in [0.2, 0.25) is 6.41 Å². The molecule has 0 aliphatic carbocycles. The molecule has 152 valence electrons. The van der Waals surface area contributed by atoms with Crippen molar-refractivity contribution >= 4 is 27.8 Å². The van der Waals surface area contributed by atoms with Crippen LogP contribution < -0.4 is 11.1 Å². The van der Waals surface area contributed by atoms with Gasteiger partial charge in [-0.25, -0.2) is 12.8 Å². The number of carbonyl (C=O) groups is 1. The maximum absolute atomic E-state index is 14.3. The van der Waals surface area contributed by atoms with Crippen LogP contribution in [0.25, 0.3) is 0 Å². The van der Waals surface area contributed by atoms with Gasteiger partial charge in [-0.3, -0.25) is 14.7 Å². The lowest BCUT2D eigenvalue weighted by Gasteiger charge is -2.50. The van der Waals surface area contributed by atoms with Crippen molar-refractivity contribution < 1.29 is 17.6 Å². The lowest BCUT2D eigenvalue weighted by Crippen LogP contribution is -2.73. The van der Waals surface area contributed by atoms with Gasteiger partial charge >= 0.3 is 0 Å². The molecule has 9 heteroatoms. The summed E-state index contributed by atoms with van der Waals surface area (Å²) >= 11 is 0. The molecule has 2 aliphatic rings. The first-order chi connectivity index (χ1) is 13.8. The first kappa shape index (κ1) is 19.5. The van der Waals surface area contributed by atoms with Crippen molar-refractivity contribution in [3.05, 3.63) is 65.5 Å². The molecule has 4 rings (SSSR count). The van der Waals surface area contributed by atoms with Gasteiger partial charge in [0, 0.05) is 30.9 Å². The topological polar surface area (TPSA) is 105 Å². The Hall–Kier alpha value is -2.78. The number of halogens is 1. The molecule has 2 aromatic rings. The number of hydrogen-bond donors (Lipinski definition) is 2. The average Bonchev–Trinajstić information content (AvgIpc) is 2.65. The van der Waals surface area contributed by atoms with Crippen molar-refractivity contribution in [2.24, 2.45) is 10.7 Å². The Morgan fingerprint density at radius 3 is 2.62 bits per heavy atom. The number of nitrogens with two attached hydrogens (primary N) is 1. The van der Waals surface area contributed by atoms with E-state index in [1.54, 1.807) is 0 Å². The molecule has 7 nitrogen and oxygen atoms in total. The predicted molar refractivity (Wildman–Crippen MR) is 109 cm³/mol. The largest absolute Gasteiger partial charge is 0.386 e. The van der Waals surface area contributed by atoms with Crippen LogP contribution in [0.2, 0.25) is 0 Å². The molecule has 0 bridgehead atoms. The molecule has 0 radical (unpaired) electrons. The van der Waals surface area contributed by atoms with Gasteiger partial charge in [0.15, 0.2) is 14.6 Å². The number of sulfone groups is 1. The van der Waals surface area contributed by atoms with Crippen molar-refractivity contribution in [1.82, 2.24) is 4.90 Å². The summed E-state index contributed by atoms with van der Waals surface area (Å²) < 4.78 is 39.4. The highest BCUT2D eigenvalue weighted by molar-refractivity contribution is 7.93. The lowest BCUT2D eigenvalue weighted by atomic mass is 9.95. The first-order valence-corrected chi connectivity index (χ1v) is 10.8. The molecule has 1 fully saturated rings. The van der Waals surface area contributed by atoms with E-state index in [-0.39, 0.29) is 30.2 Å². The highest BCUT2D eigenvalue weighted by atomic mass is 32.2. The van der Waals surface area contributed by atoms with Gasteiger partial charge in [-0.2, -0.15) is 0 Å². The van der Waals surface area contributed by atoms with Crippen LogP contribution >= 0.6 is 0 Å². The maximum Gasteiger partial charge on any atom is 0.211 e. The Morgan fingerprint density at radius 1 is 1.24 bits per heavy atom. The van der Waals surface area contributed by atoms with Gasteiger partial charge in [-0.1, -0.05) is 30.3 Å². The average molecular weight is 416 g/mol. The van der Waals surface area contributed by atoms with Gasteiger partial charge in [-0.05, 0) is 23.8 Å². The Balaban J connectivity index is 1.58. The zero-order valence-corrected chi connectivity index (χ0v) is 16.4. The molecule has 0 saturated carbocycles. The third-order valence-corrected chi connectivity index (χ3v) is 7.93. The SMILES string of the molecule is NC1=NC(c2cc(NC=O)ccc2F)CS(=O)(=O)C12CN(Cc1ccccc1)C2. The summed E-state index contributed by atoms with van der Waals surface area (Å²) in [6.07, 6.45) is 0.469. The standard InChI is InChI=1S/C20H21FN4O3S/c21-17-7-6-15(23-13-26)8-16(17)18-10-29(27,28)20(19(22)24-18)11-25(12-20)9-14-4-2-1-3-5-14/h1-8,13,18H,9-12H2,(H2,22,24)(H,23,26). The summed E-state index contributed by atoms with van der Waals surface area (Å²) in [6, 6.07) is 12.8. The number of likely N-dealkylation sites (tertiary alicyclic amines) is 1. The van der Waals surface area contributed by atoms with Crippen LogP contribution in [-0.2, 0) is 21.2 Å². The minimum atomic E-state index is -3.65. The van der Waals surface area contributed by atoms with Crippen LogP contribution in [0.3, 0.4) is 0 Å². The molecule has 2 heterocycles. The van der Waals surface area contributed by atoms with E-state index >= 15 is 0 Å². The second-order valence-electron chi connectivity index (χ2n) is 7.44. The van der Waals surface area contributed by atoms with E-state index < -0.39 is 26.4 Å². The molecule has 1 spiro atoms. The first-order valence-electron chi connectivity index (χ1n) is 9.16. The van der Waals surface area contributed by atoms with Crippen LogP contribution in [-0.4, -0.2) is 49.2 Å². The van der Waals surface area contributed by atoms with E-state index in [4.69, 9.17) is 5.73 Å². The molecule has 29 heavy (non-hydrogen) atoms. The smallest absolute Gasteiger partial charge is 0.211 e. The van der Waals surface area contributed by atoms with Gasteiger partial charge in [-0.15, -0.1) is 0 Å². The predicted octanol–water partition coefficient (Wildman–Crippen LogP) is 1.48. The fraction of sp³-hybridized carbons (Fsp3) is 0.300. The number of amidine groups is 1. The number of anilines is 1. The maximum atomic E-state index is 14.3. The Kier molecular flexibility index (Phi) is 4.87. The highest BCUT2D eigenvalue weighted by Gasteiger charge is 2.58. The number of nitrogens with zero attached hydrogens (tertiary/aromatic N) is 2. The van der Waals surface area contributed by atoms with Crippen molar-refractivity contribution in [3.8, 4) is 0 Å². The summed E-state index contributed by atoms with van der Waals surface area (Å²) in [6.45, 7) is 1.16. The molecule has 1 saturated heterocycles.